The maximum atomic E-state index is 9.22. The fourth-order valence-electron chi connectivity index (χ4n) is 2.31. The number of hydrogen-bond acceptors (Lipinski definition) is 5. The highest BCUT2D eigenvalue weighted by atomic mass is 16.1. The maximum absolute atomic E-state index is 9.22. The molecule has 0 aliphatic carbocycles. The highest BCUT2D eigenvalue weighted by Gasteiger charge is 2.06. The largest absolute Gasteiger partial charge is 0.404 e. The Bertz CT molecular complexity index is 706. The normalized spacial score (nSPS) is 13.2. The quantitative estimate of drug-likeness (QED) is 0.358. The van der Waals surface area contributed by atoms with Gasteiger partial charge in [-0.3, -0.25) is 4.79 Å². The molecular weight excluding hydrogens is 362 g/mol. The van der Waals surface area contributed by atoms with Crippen LogP contribution in [0.1, 0.15) is 38.3 Å². The molecule has 7 N–H and O–H groups in total. The fourth-order valence-corrected chi connectivity index (χ4v) is 2.31. The van der Waals surface area contributed by atoms with Crippen molar-refractivity contribution in [3.63, 3.8) is 0 Å². The van der Waals surface area contributed by atoms with Gasteiger partial charge in [0.1, 0.15) is 0 Å². The van der Waals surface area contributed by atoms with Crippen molar-refractivity contribution >= 4 is 12.1 Å². The van der Waals surface area contributed by atoms with Crippen LogP contribution in [-0.4, -0.2) is 18.7 Å². The van der Waals surface area contributed by atoms with E-state index < -0.39 is 0 Å². The molecule has 6 nitrogen and oxygen atoms in total. The summed E-state index contributed by atoms with van der Waals surface area (Å²) in [6, 6.07) is 8.53. The van der Waals surface area contributed by atoms with Crippen LogP contribution in [0.25, 0.3) is 0 Å². The molecule has 0 spiro atoms. The SMILES string of the molecule is C/C=C\NCC(/C=C\C/C(C=N)=C/N)=C/C.CC(N)=O.c1ccc2c(c1)CNC2. The Hall–Kier alpha value is -3.12. The molecule has 1 aliphatic rings. The molecule has 0 fully saturated rings. The van der Waals surface area contributed by atoms with E-state index in [4.69, 9.17) is 11.1 Å². The average Bonchev–Trinajstić information content (AvgIpc) is 3.19. The summed E-state index contributed by atoms with van der Waals surface area (Å²) in [5, 5.41) is 13.5. The Kier molecular flexibility index (Phi) is 15.2. The van der Waals surface area contributed by atoms with Gasteiger partial charge in [-0.05, 0) is 54.9 Å². The number of nitrogens with one attached hydrogen (secondary N) is 3. The van der Waals surface area contributed by atoms with Gasteiger partial charge in [0, 0.05) is 32.8 Å². The van der Waals surface area contributed by atoms with E-state index in [0.29, 0.717) is 6.42 Å². The molecule has 1 aromatic carbocycles. The number of amides is 1. The first kappa shape index (κ1) is 25.9. The van der Waals surface area contributed by atoms with Crippen molar-refractivity contribution in [1.29, 1.82) is 5.41 Å². The lowest BCUT2D eigenvalue weighted by molar-refractivity contribution is -0.115. The van der Waals surface area contributed by atoms with Gasteiger partial charge in [-0.2, -0.15) is 0 Å². The lowest BCUT2D eigenvalue weighted by Crippen LogP contribution is -2.08. The number of fused-ring (bicyclic) bond motifs is 1. The summed E-state index contributed by atoms with van der Waals surface area (Å²) in [7, 11) is 0. The summed E-state index contributed by atoms with van der Waals surface area (Å²) in [4.78, 5) is 9.22. The number of nitrogens with two attached hydrogens (primary N) is 2. The number of carbonyl (C=O) groups is 1. The Morgan fingerprint density at radius 1 is 1.21 bits per heavy atom. The minimum atomic E-state index is -0.333. The molecule has 0 saturated heterocycles. The summed E-state index contributed by atoms with van der Waals surface area (Å²) in [6.07, 6.45) is 13.4. The molecule has 0 bridgehead atoms. The van der Waals surface area contributed by atoms with Crippen molar-refractivity contribution in [2.45, 2.75) is 40.3 Å². The Balaban J connectivity index is 0.000000497. The topological polar surface area (TPSA) is 117 Å². The van der Waals surface area contributed by atoms with Gasteiger partial charge < -0.3 is 27.5 Å². The molecule has 1 aliphatic heterocycles. The van der Waals surface area contributed by atoms with E-state index in [-0.39, 0.29) is 5.91 Å². The molecule has 0 atom stereocenters. The number of benzene rings is 1. The first-order chi connectivity index (χ1) is 14.0. The van der Waals surface area contributed by atoms with Gasteiger partial charge >= 0.3 is 0 Å². The first-order valence-electron chi connectivity index (χ1n) is 9.59. The van der Waals surface area contributed by atoms with Crippen LogP contribution in [0.15, 0.2) is 72.1 Å². The standard InChI is InChI=1S/C13H21N3.C8H9N.C2H5NO/c1-3-8-16-11-12(4-2)6-5-7-13(9-14)10-15;1-2-4-8-6-9-5-7(8)3-1;1-2(3)4/h3-6,8-10,14,16H,7,11,15H2,1-2H3;1-4,9H,5-6H2;1H3,(H2,3,4)/b6-5-,8-3-,12-4+,13-10-,14-9?;;. The molecule has 0 saturated carbocycles. The van der Waals surface area contributed by atoms with Crippen LogP contribution < -0.4 is 22.1 Å². The highest BCUT2D eigenvalue weighted by Crippen LogP contribution is 2.12. The van der Waals surface area contributed by atoms with Crippen molar-refractivity contribution in [2.24, 2.45) is 11.5 Å². The second-order valence-corrected chi connectivity index (χ2v) is 6.22. The van der Waals surface area contributed by atoms with Gasteiger partial charge in [0.2, 0.25) is 5.91 Å². The first-order valence-corrected chi connectivity index (χ1v) is 9.59. The molecule has 1 aromatic rings. The number of carbonyl (C=O) groups excluding carboxylic acids is 1. The van der Waals surface area contributed by atoms with Gasteiger partial charge in [-0.25, -0.2) is 0 Å². The Morgan fingerprint density at radius 2 is 1.79 bits per heavy atom. The Labute approximate surface area is 175 Å². The van der Waals surface area contributed by atoms with Crippen LogP contribution in [0.5, 0.6) is 0 Å². The maximum Gasteiger partial charge on any atom is 0.214 e. The van der Waals surface area contributed by atoms with Crippen molar-refractivity contribution in [3.8, 4) is 0 Å². The van der Waals surface area contributed by atoms with Crippen LogP contribution in [0.4, 0.5) is 0 Å². The molecular formula is C23H35N5O. The molecule has 6 heteroatoms. The third-order valence-corrected chi connectivity index (χ3v) is 3.80. The van der Waals surface area contributed by atoms with Gasteiger partial charge in [-0.15, -0.1) is 0 Å². The average molecular weight is 398 g/mol. The van der Waals surface area contributed by atoms with Gasteiger partial charge in [0.25, 0.3) is 0 Å². The number of rotatable bonds is 7. The van der Waals surface area contributed by atoms with E-state index in [0.717, 1.165) is 25.2 Å². The summed E-state index contributed by atoms with van der Waals surface area (Å²) >= 11 is 0. The summed E-state index contributed by atoms with van der Waals surface area (Å²) in [5.74, 6) is -0.333. The second-order valence-electron chi connectivity index (χ2n) is 6.22. The molecule has 1 heterocycles. The number of allylic oxidation sites excluding steroid dienone is 4. The van der Waals surface area contributed by atoms with Crippen LogP contribution in [0.2, 0.25) is 0 Å². The number of primary amides is 1. The molecule has 1 amide bonds. The van der Waals surface area contributed by atoms with E-state index in [9.17, 15) is 4.79 Å². The number of hydrogen-bond donors (Lipinski definition) is 5. The smallest absolute Gasteiger partial charge is 0.214 e. The third kappa shape index (κ3) is 13.7. The lowest BCUT2D eigenvalue weighted by atomic mass is 10.1. The molecule has 0 unspecified atom stereocenters. The second kappa shape index (κ2) is 17.0. The predicted molar refractivity (Wildman–Crippen MR) is 123 cm³/mol. The highest BCUT2D eigenvalue weighted by molar-refractivity contribution is 5.75. The van der Waals surface area contributed by atoms with E-state index in [1.807, 2.05) is 38.3 Å². The molecule has 158 valence electrons. The lowest BCUT2D eigenvalue weighted by Gasteiger charge is -2.01. The van der Waals surface area contributed by atoms with Gasteiger partial charge in [0.05, 0.1) is 0 Å². The summed E-state index contributed by atoms with van der Waals surface area (Å²) in [6.45, 7) is 8.20. The van der Waals surface area contributed by atoms with E-state index in [1.165, 1.54) is 36.0 Å². The molecule has 0 radical (unpaired) electrons. The van der Waals surface area contributed by atoms with Gasteiger partial charge in [-0.1, -0.05) is 48.6 Å². The Morgan fingerprint density at radius 3 is 2.24 bits per heavy atom. The van der Waals surface area contributed by atoms with Crippen molar-refractivity contribution in [2.75, 3.05) is 6.54 Å². The zero-order valence-electron chi connectivity index (χ0n) is 17.7. The van der Waals surface area contributed by atoms with Crippen molar-refractivity contribution < 1.29 is 4.79 Å². The van der Waals surface area contributed by atoms with Crippen molar-refractivity contribution in [3.05, 3.63) is 83.2 Å². The van der Waals surface area contributed by atoms with Crippen LogP contribution >= 0.6 is 0 Å². The van der Waals surface area contributed by atoms with Crippen LogP contribution in [0, 0.1) is 5.41 Å². The molecule has 2 rings (SSSR count). The minimum Gasteiger partial charge on any atom is -0.404 e. The van der Waals surface area contributed by atoms with E-state index >= 15 is 0 Å². The molecule has 29 heavy (non-hydrogen) atoms. The van der Waals surface area contributed by atoms with Crippen molar-refractivity contribution in [1.82, 2.24) is 10.6 Å². The monoisotopic (exact) mass is 397 g/mol. The minimum absolute atomic E-state index is 0.333. The van der Waals surface area contributed by atoms with E-state index in [2.05, 4.69) is 46.7 Å². The summed E-state index contributed by atoms with van der Waals surface area (Å²) in [5.41, 5.74) is 14.8. The van der Waals surface area contributed by atoms with E-state index in [1.54, 1.807) is 0 Å². The molecule has 0 aromatic heterocycles. The third-order valence-electron chi connectivity index (χ3n) is 3.80. The zero-order valence-corrected chi connectivity index (χ0v) is 17.7. The zero-order chi connectivity index (χ0) is 21.9. The summed E-state index contributed by atoms with van der Waals surface area (Å²) < 4.78 is 0. The predicted octanol–water partition coefficient (Wildman–Crippen LogP) is 3.28. The van der Waals surface area contributed by atoms with Gasteiger partial charge in [0.15, 0.2) is 0 Å². The van der Waals surface area contributed by atoms with Crippen LogP contribution in [0.3, 0.4) is 0 Å². The fraction of sp³-hybridized carbons (Fsp3) is 0.304. The van der Waals surface area contributed by atoms with Crippen LogP contribution in [-0.2, 0) is 17.9 Å².